The Morgan fingerprint density at radius 2 is 1.93 bits per heavy atom. The van der Waals surface area contributed by atoms with E-state index in [1.54, 1.807) is 0 Å². The molecule has 0 radical (unpaired) electrons. The van der Waals surface area contributed by atoms with Crippen LogP contribution in [0, 0.1) is 0 Å². The van der Waals surface area contributed by atoms with Crippen molar-refractivity contribution in [1.29, 1.82) is 0 Å². The summed E-state index contributed by atoms with van der Waals surface area (Å²) in [6, 6.07) is 5.84. The average Bonchev–Trinajstić information content (AvgIpc) is 3.30. The zero-order valence-corrected chi connectivity index (χ0v) is 17.4. The largest absolute Gasteiger partial charge is 0.349 e. The molecule has 0 spiro atoms. The first-order valence-corrected chi connectivity index (χ1v) is 11.0. The second-order valence-corrected chi connectivity index (χ2v) is 9.12. The summed E-state index contributed by atoms with van der Waals surface area (Å²) >= 11 is 0. The minimum Gasteiger partial charge on any atom is -0.349 e. The molecule has 9 nitrogen and oxygen atoms in total. The topological polar surface area (TPSA) is 114 Å². The summed E-state index contributed by atoms with van der Waals surface area (Å²) in [6.07, 6.45) is 2.57. The van der Waals surface area contributed by atoms with Crippen LogP contribution in [0.5, 0.6) is 0 Å². The highest BCUT2D eigenvalue weighted by Gasteiger charge is 2.21. The lowest BCUT2D eigenvalue weighted by Gasteiger charge is -2.17. The summed E-state index contributed by atoms with van der Waals surface area (Å²) in [5.41, 5.74) is 0.460. The second kappa shape index (κ2) is 8.83. The van der Waals surface area contributed by atoms with Crippen molar-refractivity contribution >= 4 is 21.7 Å². The van der Waals surface area contributed by atoms with E-state index in [2.05, 4.69) is 15.5 Å². The molecule has 2 heterocycles. The third-order valence-corrected chi connectivity index (χ3v) is 6.85. The van der Waals surface area contributed by atoms with E-state index in [4.69, 9.17) is 0 Å². The van der Waals surface area contributed by atoms with Gasteiger partial charge in [-0.25, -0.2) is 12.7 Å². The van der Waals surface area contributed by atoms with Crippen LogP contribution < -0.4 is 5.32 Å². The predicted octanol–water partition coefficient (Wildman–Crippen LogP) is 1.14. The summed E-state index contributed by atoms with van der Waals surface area (Å²) in [5, 5.41) is 11.0. The Bertz CT molecular complexity index is 998. The molecule has 1 amide bonds. The van der Waals surface area contributed by atoms with Gasteiger partial charge in [0.1, 0.15) is 5.82 Å². The quantitative estimate of drug-likeness (QED) is 0.610. The first kappa shape index (κ1) is 21.1. The lowest BCUT2D eigenvalue weighted by atomic mass is 10.2. The first-order chi connectivity index (χ1) is 13.8. The molecular formula is C19H25N5O4S. The molecule has 0 saturated heterocycles. The minimum atomic E-state index is -3.67. The van der Waals surface area contributed by atoms with Crippen LogP contribution in [0.3, 0.4) is 0 Å². The van der Waals surface area contributed by atoms with Crippen molar-refractivity contribution in [3.63, 3.8) is 0 Å². The molecule has 1 aromatic heterocycles. The van der Waals surface area contributed by atoms with Crippen LogP contribution in [-0.2, 0) is 34.3 Å². The van der Waals surface area contributed by atoms with Gasteiger partial charge in [0.2, 0.25) is 15.9 Å². The number of hydrogen-bond acceptors (Lipinski definition) is 6. The summed E-state index contributed by atoms with van der Waals surface area (Å²) in [4.78, 5) is 23.5. The second-order valence-electron chi connectivity index (χ2n) is 7.08. The number of carbonyl (C=O) groups excluding carboxylic acids is 2. The fraction of sp³-hybridized carbons (Fsp3) is 0.474. The van der Waals surface area contributed by atoms with E-state index in [0.29, 0.717) is 18.5 Å². The van der Waals surface area contributed by atoms with Gasteiger partial charge in [-0.15, -0.1) is 10.2 Å². The Morgan fingerprint density at radius 1 is 1.21 bits per heavy atom. The first-order valence-electron chi connectivity index (χ1n) is 9.54. The Hall–Kier alpha value is -2.59. The molecule has 0 aliphatic carbocycles. The van der Waals surface area contributed by atoms with E-state index < -0.39 is 10.0 Å². The summed E-state index contributed by atoms with van der Waals surface area (Å²) in [6.45, 7) is 2.84. The van der Waals surface area contributed by atoms with E-state index in [1.807, 2.05) is 4.57 Å². The molecule has 10 heteroatoms. The van der Waals surface area contributed by atoms with Crippen molar-refractivity contribution in [2.75, 3.05) is 13.6 Å². The minimum absolute atomic E-state index is 0.120. The van der Waals surface area contributed by atoms with Crippen molar-refractivity contribution in [3.8, 4) is 0 Å². The number of amides is 1. The van der Waals surface area contributed by atoms with Crippen LogP contribution in [0.4, 0.5) is 0 Å². The van der Waals surface area contributed by atoms with Gasteiger partial charge in [-0.1, -0.05) is 12.1 Å². The normalized spacial score (nSPS) is 13.5. The van der Waals surface area contributed by atoms with Gasteiger partial charge >= 0.3 is 0 Å². The number of aryl methyl sites for hydroxylation is 1. The zero-order chi connectivity index (χ0) is 21.0. The number of benzene rings is 1. The smallest absolute Gasteiger partial charge is 0.242 e. The van der Waals surface area contributed by atoms with Gasteiger partial charge in [-0.05, 0) is 31.9 Å². The van der Waals surface area contributed by atoms with Gasteiger partial charge in [0.25, 0.3) is 0 Å². The molecule has 0 saturated carbocycles. The van der Waals surface area contributed by atoms with Crippen LogP contribution in [-0.4, -0.2) is 52.8 Å². The SMILES string of the molecule is CC(=O)c1ccc(S(=O)(=O)N(C)CCCC(=O)NCc2nnc3n2CCC3)cc1. The molecule has 0 bridgehead atoms. The van der Waals surface area contributed by atoms with Crippen LogP contribution in [0.25, 0.3) is 0 Å². The fourth-order valence-electron chi connectivity index (χ4n) is 3.23. The molecule has 1 N–H and O–H groups in total. The number of sulfonamides is 1. The third kappa shape index (κ3) is 4.88. The van der Waals surface area contributed by atoms with Crippen molar-refractivity contribution in [3.05, 3.63) is 41.5 Å². The van der Waals surface area contributed by atoms with E-state index in [-0.39, 0.29) is 29.6 Å². The molecule has 0 atom stereocenters. The number of carbonyl (C=O) groups is 2. The average molecular weight is 420 g/mol. The van der Waals surface area contributed by atoms with Crippen molar-refractivity contribution in [2.24, 2.45) is 0 Å². The molecule has 29 heavy (non-hydrogen) atoms. The molecule has 0 unspecified atom stereocenters. The van der Waals surface area contributed by atoms with Crippen LogP contribution >= 0.6 is 0 Å². The zero-order valence-electron chi connectivity index (χ0n) is 16.6. The monoisotopic (exact) mass is 419 g/mol. The van der Waals surface area contributed by atoms with Crippen molar-refractivity contribution in [1.82, 2.24) is 24.4 Å². The molecule has 2 aromatic rings. The van der Waals surface area contributed by atoms with Gasteiger partial charge in [-0.3, -0.25) is 9.59 Å². The highest BCUT2D eigenvalue weighted by atomic mass is 32.2. The van der Waals surface area contributed by atoms with Crippen molar-refractivity contribution in [2.45, 2.75) is 50.6 Å². The highest BCUT2D eigenvalue weighted by Crippen LogP contribution is 2.16. The summed E-state index contributed by atoms with van der Waals surface area (Å²) < 4.78 is 28.4. The Labute approximate surface area is 170 Å². The molecule has 1 aliphatic rings. The molecule has 1 aromatic carbocycles. The number of aromatic nitrogens is 3. The van der Waals surface area contributed by atoms with E-state index in [0.717, 1.165) is 31.0 Å². The van der Waals surface area contributed by atoms with Crippen LogP contribution in [0.15, 0.2) is 29.2 Å². The standard InChI is InChI=1S/C19H25N5O4S/c1-14(25)15-7-9-16(10-8-15)29(27,28)23(2)11-4-6-19(26)20-13-18-22-21-17-5-3-12-24(17)18/h7-10H,3-6,11-13H2,1-2H3,(H,20,26). The van der Waals surface area contributed by atoms with Gasteiger partial charge in [0.15, 0.2) is 11.6 Å². The fourth-order valence-corrected chi connectivity index (χ4v) is 4.44. The Balaban J connectivity index is 1.46. The summed E-state index contributed by atoms with van der Waals surface area (Å²) in [7, 11) is -2.19. The van der Waals surface area contributed by atoms with Gasteiger partial charge in [0, 0.05) is 38.5 Å². The van der Waals surface area contributed by atoms with Crippen molar-refractivity contribution < 1.29 is 18.0 Å². The third-order valence-electron chi connectivity index (χ3n) is 4.98. The maximum atomic E-state index is 12.6. The molecule has 156 valence electrons. The molecule has 1 aliphatic heterocycles. The Kier molecular flexibility index (Phi) is 6.43. The Morgan fingerprint density at radius 3 is 2.62 bits per heavy atom. The molecule has 3 rings (SSSR count). The summed E-state index contributed by atoms with van der Waals surface area (Å²) in [5.74, 6) is 1.43. The number of fused-ring (bicyclic) bond motifs is 1. The highest BCUT2D eigenvalue weighted by molar-refractivity contribution is 7.89. The maximum absolute atomic E-state index is 12.6. The van der Waals surface area contributed by atoms with E-state index >= 15 is 0 Å². The number of nitrogens with zero attached hydrogens (tertiary/aromatic N) is 4. The lowest BCUT2D eigenvalue weighted by molar-refractivity contribution is -0.121. The molecular weight excluding hydrogens is 394 g/mol. The predicted molar refractivity (Wildman–Crippen MR) is 106 cm³/mol. The number of ketones is 1. The number of rotatable bonds is 9. The van der Waals surface area contributed by atoms with Gasteiger partial charge < -0.3 is 9.88 Å². The van der Waals surface area contributed by atoms with Crippen LogP contribution in [0.1, 0.15) is 48.2 Å². The van der Waals surface area contributed by atoms with E-state index in [9.17, 15) is 18.0 Å². The van der Waals surface area contributed by atoms with Crippen LogP contribution in [0.2, 0.25) is 0 Å². The number of nitrogens with one attached hydrogen (secondary N) is 1. The molecule has 0 fully saturated rings. The number of hydrogen-bond donors (Lipinski definition) is 1. The van der Waals surface area contributed by atoms with Gasteiger partial charge in [0.05, 0.1) is 11.4 Å². The number of Topliss-reactive ketones (excluding diaryl/α,β-unsaturated/α-hetero) is 1. The maximum Gasteiger partial charge on any atom is 0.242 e. The van der Waals surface area contributed by atoms with Gasteiger partial charge in [-0.2, -0.15) is 0 Å². The lowest BCUT2D eigenvalue weighted by Crippen LogP contribution is -2.30. The van der Waals surface area contributed by atoms with E-state index in [1.165, 1.54) is 42.5 Å².